The molecular formula is C32H40N4O5. The summed E-state index contributed by atoms with van der Waals surface area (Å²) >= 11 is 0. The summed E-state index contributed by atoms with van der Waals surface area (Å²) in [6.07, 6.45) is 2.94. The first-order chi connectivity index (χ1) is 19.6. The van der Waals surface area contributed by atoms with Crippen molar-refractivity contribution in [2.75, 3.05) is 11.9 Å². The Bertz CT molecular complexity index is 1350. The van der Waals surface area contributed by atoms with E-state index in [4.69, 9.17) is 4.74 Å². The molecule has 1 aliphatic rings. The Morgan fingerprint density at radius 2 is 1.78 bits per heavy atom. The van der Waals surface area contributed by atoms with E-state index in [-0.39, 0.29) is 30.7 Å². The van der Waals surface area contributed by atoms with Crippen LogP contribution in [0.15, 0.2) is 60.7 Å². The predicted octanol–water partition coefficient (Wildman–Crippen LogP) is 5.54. The summed E-state index contributed by atoms with van der Waals surface area (Å²) in [5, 5.41) is 19.7. The van der Waals surface area contributed by atoms with Gasteiger partial charge < -0.3 is 20.5 Å². The first-order valence-corrected chi connectivity index (χ1v) is 14.3. The summed E-state index contributed by atoms with van der Waals surface area (Å²) in [7, 11) is 0. The van der Waals surface area contributed by atoms with Gasteiger partial charge in [0.15, 0.2) is 5.69 Å². The lowest BCUT2D eigenvalue weighted by Gasteiger charge is -2.37. The molecule has 3 N–H and O–H groups in total. The minimum atomic E-state index is -1.03. The molecule has 0 saturated heterocycles. The predicted molar refractivity (Wildman–Crippen MR) is 157 cm³/mol. The first-order valence-electron chi connectivity index (χ1n) is 14.3. The highest BCUT2D eigenvalue weighted by Crippen LogP contribution is 2.35. The summed E-state index contributed by atoms with van der Waals surface area (Å²) in [5.74, 6) is -0.151. The van der Waals surface area contributed by atoms with Crippen LogP contribution in [0.3, 0.4) is 0 Å². The number of ether oxygens (including phenoxy) is 1. The number of carbonyl (C=O) groups excluding carboxylic acids is 2. The molecule has 9 nitrogen and oxygen atoms in total. The second kappa shape index (κ2) is 13.6. The average Bonchev–Trinajstić information content (AvgIpc) is 3.35. The van der Waals surface area contributed by atoms with Crippen molar-refractivity contribution < 1.29 is 24.2 Å². The van der Waals surface area contributed by atoms with Gasteiger partial charge in [-0.1, -0.05) is 69.7 Å². The molecule has 218 valence electrons. The number of amides is 2. The van der Waals surface area contributed by atoms with Gasteiger partial charge in [0.05, 0.1) is 24.3 Å². The van der Waals surface area contributed by atoms with Crippen molar-refractivity contribution in [2.45, 2.75) is 65.5 Å². The standard InChI is InChI=1S/C32H40N4O5/c1-20(2)24-15-14-21(3)16-28(24)41-19-30(37)34-29-17-27(35-36(29)23-11-6-5-7-12-23)32(40)33-26(18-31(38)39)25-13-9-8-10-22(25)4/h5-13,17,20-21,24,26,28H,14-16,18-19H2,1-4H3,(H,33,40)(H,34,37)(H,38,39)/t21-,24+,26?,28-/m1/s1. The fraction of sp³-hybridized carbons (Fsp3) is 0.438. The molecule has 1 aromatic heterocycles. The number of carboxylic acids is 1. The van der Waals surface area contributed by atoms with Gasteiger partial charge in [0.2, 0.25) is 0 Å². The van der Waals surface area contributed by atoms with Crippen molar-refractivity contribution in [3.05, 3.63) is 77.5 Å². The van der Waals surface area contributed by atoms with Crippen LogP contribution in [-0.4, -0.2) is 45.4 Å². The molecular weight excluding hydrogens is 520 g/mol. The number of carboxylic acid groups (broad SMARTS) is 1. The number of rotatable bonds is 11. The van der Waals surface area contributed by atoms with Gasteiger partial charge in [0.25, 0.3) is 11.8 Å². The molecule has 4 rings (SSSR count). The van der Waals surface area contributed by atoms with Crippen LogP contribution in [0.2, 0.25) is 0 Å². The maximum Gasteiger partial charge on any atom is 0.305 e. The molecule has 0 radical (unpaired) electrons. The Hall–Kier alpha value is -3.98. The van der Waals surface area contributed by atoms with Gasteiger partial charge in [0.1, 0.15) is 12.4 Å². The Kier molecular flexibility index (Phi) is 9.94. The average molecular weight is 561 g/mol. The molecule has 1 fully saturated rings. The van der Waals surface area contributed by atoms with Crippen molar-refractivity contribution in [1.29, 1.82) is 0 Å². The summed E-state index contributed by atoms with van der Waals surface area (Å²) in [6, 6.07) is 17.2. The summed E-state index contributed by atoms with van der Waals surface area (Å²) in [6.45, 7) is 8.38. The largest absolute Gasteiger partial charge is 0.481 e. The highest BCUT2D eigenvalue weighted by molar-refractivity contribution is 5.96. The number of anilines is 1. The molecule has 0 spiro atoms. The molecule has 0 bridgehead atoms. The maximum atomic E-state index is 13.3. The lowest BCUT2D eigenvalue weighted by Crippen LogP contribution is -2.36. The number of para-hydroxylation sites is 1. The molecule has 1 saturated carbocycles. The Balaban J connectivity index is 1.53. The smallest absolute Gasteiger partial charge is 0.305 e. The normalized spacial score (nSPS) is 19.5. The van der Waals surface area contributed by atoms with Crippen molar-refractivity contribution in [2.24, 2.45) is 17.8 Å². The topological polar surface area (TPSA) is 123 Å². The summed E-state index contributed by atoms with van der Waals surface area (Å²) in [5.41, 5.74) is 2.29. The van der Waals surface area contributed by atoms with E-state index >= 15 is 0 Å². The minimum Gasteiger partial charge on any atom is -0.481 e. The summed E-state index contributed by atoms with van der Waals surface area (Å²) < 4.78 is 7.63. The van der Waals surface area contributed by atoms with Gasteiger partial charge in [-0.25, -0.2) is 4.68 Å². The zero-order chi connectivity index (χ0) is 29.5. The number of aliphatic carboxylic acids is 1. The number of carbonyl (C=O) groups is 3. The second-order valence-corrected chi connectivity index (χ2v) is 11.4. The number of aromatic nitrogens is 2. The van der Waals surface area contributed by atoms with Crippen LogP contribution < -0.4 is 10.6 Å². The third-order valence-electron chi connectivity index (χ3n) is 7.85. The van der Waals surface area contributed by atoms with Crippen molar-refractivity contribution in [3.8, 4) is 5.69 Å². The minimum absolute atomic E-state index is 0.0254. The van der Waals surface area contributed by atoms with Crippen molar-refractivity contribution in [3.63, 3.8) is 0 Å². The van der Waals surface area contributed by atoms with Crippen LogP contribution in [0, 0.1) is 24.7 Å². The van der Waals surface area contributed by atoms with Crippen molar-refractivity contribution >= 4 is 23.6 Å². The van der Waals surface area contributed by atoms with E-state index in [9.17, 15) is 19.5 Å². The zero-order valence-electron chi connectivity index (χ0n) is 24.2. The zero-order valence-corrected chi connectivity index (χ0v) is 24.2. The molecule has 3 aromatic rings. The van der Waals surface area contributed by atoms with E-state index in [1.165, 1.54) is 17.2 Å². The fourth-order valence-electron chi connectivity index (χ4n) is 5.64. The van der Waals surface area contributed by atoms with Crippen molar-refractivity contribution in [1.82, 2.24) is 15.1 Å². The molecule has 9 heteroatoms. The van der Waals surface area contributed by atoms with Gasteiger partial charge in [-0.05, 0) is 60.8 Å². The van der Waals surface area contributed by atoms with E-state index < -0.39 is 17.9 Å². The number of nitrogens with zero attached hydrogens (tertiary/aromatic N) is 2. The van der Waals surface area contributed by atoms with Crippen LogP contribution in [0.5, 0.6) is 0 Å². The van der Waals surface area contributed by atoms with Crippen LogP contribution in [0.4, 0.5) is 5.82 Å². The maximum absolute atomic E-state index is 13.3. The lowest BCUT2D eigenvalue weighted by molar-refractivity contribution is -0.137. The fourth-order valence-corrected chi connectivity index (χ4v) is 5.64. The number of nitrogens with one attached hydrogen (secondary N) is 2. The Labute approximate surface area is 241 Å². The molecule has 4 atom stereocenters. The van der Waals surface area contributed by atoms with Gasteiger partial charge in [-0.15, -0.1) is 0 Å². The number of aryl methyl sites for hydroxylation is 1. The SMILES string of the molecule is Cc1ccccc1C(CC(=O)O)NC(=O)c1cc(NC(=O)CO[C@@H]2C[C@H](C)CC[C@H]2C(C)C)n(-c2ccccc2)n1. The highest BCUT2D eigenvalue weighted by atomic mass is 16.5. The molecule has 2 amide bonds. The summed E-state index contributed by atoms with van der Waals surface area (Å²) in [4.78, 5) is 38.0. The lowest BCUT2D eigenvalue weighted by atomic mass is 9.75. The monoisotopic (exact) mass is 560 g/mol. The van der Waals surface area contributed by atoms with Crippen LogP contribution in [0.1, 0.15) is 74.1 Å². The van der Waals surface area contributed by atoms with Crippen LogP contribution in [0.25, 0.3) is 5.69 Å². The van der Waals surface area contributed by atoms with Crippen LogP contribution >= 0.6 is 0 Å². The number of hydrogen-bond donors (Lipinski definition) is 3. The van der Waals surface area contributed by atoms with E-state index in [0.717, 1.165) is 18.4 Å². The molecule has 1 heterocycles. The Morgan fingerprint density at radius 3 is 2.46 bits per heavy atom. The van der Waals surface area contributed by atoms with Gasteiger partial charge in [0, 0.05) is 6.07 Å². The number of benzene rings is 2. The van der Waals surface area contributed by atoms with E-state index in [2.05, 4.69) is 36.5 Å². The van der Waals surface area contributed by atoms with E-state index in [1.54, 1.807) is 12.1 Å². The quantitative estimate of drug-likeness (QED) is 0.283. The molecule has 41 heavy (non-hydrogen) atoms. The van der Waals surface area contributed by atoms with Crippen LogP contribution in [-0.2, 0) is 14.3 Å². The van der Waals surface area contributed by atoms with Gasteiger partial charge in [-0.3, -0.25) is 14.4 Å². The number of hydrogen-bond acceptors (Lipinski definition) is 5. The third-order valence-corrected chi connectivity index (χ3v) is 7.85. The molecule has 1 aliphatic carbocycles. The van der Waals surface area contributed by atoms with E-state index in [0.29, 0.717) is 34.8 Å². The van der Waals surface area contributed by atoms with E-state index in [1.807, 2.05) is 49.4 Å². The second-order valence-electron chi connectivity index (χ2n) is 11.4. The van der Waals surface area contributed by atoms with Gasteiger partial charge >= 0.3 is 5.97 Å². The highest BCUT2D eigenvalue weighted by Gasteiger charge is 2.32. The third kappa shape index (κ3) is 7.82. The first kappa shape index (κ1) is 30.0. The van der Waals surface area contributed by atoms with Gasteiger partial charge in [-0.2, -0.15) is 5.10 Å². The molecule has 2 aromatic carbocycles. The molecule has 1 unspecified atom stereocenters. The Morgan fingerprint density at radius 1 is 1.07 bits per heavy atom. The molecule has 0 aliphatic heterocycles.